The zero-order valence-corrected chi connectivity index (χ0v) is 20.7. The van der Waals surface area contributed by atoms with Gasteiger partial charge in [0.05, 0.1) is 17.8 Å². The molecule has 2 atom stereocenters. The zero-order chi connectivity index (χ0) is 28.1. The monoisotopic (exact) mass is 555 g/mol. The van der Waals surface area contributed by atoms with Crippen LogP contribution < -0.4 is 4.90 Å². The number of carbonyl (C=O) groups excluding carboxylic acids is 1. The molecule has 1 saturated heterocycles. The van der Waals surface area contributed by atoms with Crippen LogP contribution >= 0.6 is 0 Å². The van der Waals surface area contributed by atoms with Crippen molar-refractivity contribution < 1.29 is 40.1 Å². The van der Waals surface area contributed by atoms with Crippen molar-refractivity contribution in [2.45, 2.75) is 57.3 Å². The van der Waals surface area contributed by atoms with E-state index in [2.05, 4.69) is 9.68 Å². The molecule has 1 fully saturated rings. The Hall–Kier alpha value is -3.41. The number of benzene rings is 2. The molecule has 0 radical (unpaired) electrons. The summed E-state index contributed by atoms with van der Waals surface area (Å²) in [6.45, 7) is 2.02. The molecular weight excluding hydrogens is 531 g/mol. The van der Waals surface area contributed by atoms with E-state index in [1.54, 1.807) is 36.1 Å². The van der Waals surface area contributed by atoms with Crippen LogP contribution in [0.15, 0.2) is 47.2 Å². The first kappa shape index (κ1) is 27.2. The minimum atomic E-state index is -4.70. The molecule has 12 heteroatoms. The second kappa shape index (κ2) is 9.96. The molecule has 2 aromatic carbocycles. The van der Waals surface area contributed by atoms with Crippen molar-refractivity contribution in [1.29, 1.82) is 0 Å². The molecular formula is C27H24F7N3O2. The maximum atomic E-state index is 14.0. The number of carbonyl (C=O) groups is 1. The minimum absolute atomic E-state index is 0.0633. The molecule has 2 aliphatic heterocycles. The van der Waals surface area contributed by atoms with E-state index in [0.717, 1.165) is 6.07 Å². The Morgan fingerprint density at radius 1 is 1.08 bits per heavy atom. The maximum absolute atomic E-state index is 14.0. The van der Waals surface area contributed by atoms with Crippen molar-refractivity contribution in [2.75, 3.05) is 18.0 Å². The lowest BCUT2D eigenvalue weighted by Gasteiger charge is -2.19. The van der Waals surface area contributed by atoms with E-state index in [9.17, 15) is 35.5 Å². The molecule has 2 aliphatic rings. The van der Waals surface area contributed by atoms with Gasteiger partial charge in [0.15, 0.2) is 0 Å². The molecule has 1 amide bonds. The van der Waals surface area contributed by atoms with Gasteiger partial charge in [-0.3, -0.25) is 9.69 Å². The smallest absolute Gasteiger partial charge is 0.364 e. The highest BCUT2D eigenvalue weighted by atomic mass is 19.4. The van der Waals surface area contributed by atoms with E-state index < -0.39 is 41.5 Å². The van der Waals surface area contributed by atoms with E-state index in [1.807, 2.05) is 0 Å². The number of hydrogen-bond acceptors (Lipinski definition) is 4. The van der Waals surface area contributed by atoms with Gasteiger partial charge in [-0.1, -0.05) is 24.2 Å². The molecule has 5 rings (SSSR count). The lowest BCUT2D eigenvalue weighted by atomic mass is 9.94. The Balaban J connectivity index is 1.41. The van der Waals surface area contributed by atoms with Crippen molar-refractivity contribution in [3.8, 4) is 0 Å². The SMILES string of the molecule is C[C@H](Cc1nocc1C(F)(F)F)c1cccc(N2Cc3c(cc(CN4CC[C@H](F)C4)cc3C(F)(F)F)C2=O)c1. The zero-order valence-electron chi connectivity index (χ0n) is 20.7. The summed E-state index contributed by atoms with van der Waals surface area (Å²) < 4.78 is 99.8. The highest BCUT2D eigenvalue weighted by molar-refractivity contribution is 6.10. The number of amides is 1. The highest BCUT2D eigenvalue weighted by Gasteiger charge is 2.41. The number of likely N-dealkylation sites (tertiary alicyclic amines) is 1. The number of aromatic nitrogens is 1. The van der Waals surface area contributed by atoms with Gasteiger partial charge >= 0.3 is 12.4 Å². The molecule has 0 N–H and O–H groups in total. The summed E-state index contributed by atoms with van der Waals surface area (Å²) in [5.74, 6) is -1.07. The van der Waals surface area contributed by atoms with Crippen molar-refractivity contribution >= 4 is 11.6 Å². The third kappa shape index (κ3) is 5.52. The van der Waals surface area contributed by atoms with Gasteiger partial charge < -0.3 is 9.42 Å². The van der Waals surface area contributed by atoms with Gasteiger partial charge in [-0.15, -0.1) is 0 Å². The van der Waals surface area contributed by atoms with Gasteiger partial charge in [0.1, 0.15) is 18.0 Å². The summed E-state index contributed by atoms with van der Waals surface area (Å²) in [4.78, 5) is 16.3. The van der Waals surface area contributed by atoms with Crippen LogP contribution in [0.3, 0.4) is 0 Å². The van der Waals surface area contributed by atoms with E-state index in [1.165, 1.54) is 11.0 Å². The Kier molecular flexibility index (Phi) is 6.94. The van der Waals surface area contributed by atoms with Gasteiger partial charge in [0, 0.05) is 37.3 Å². The largest absolute Gasteiger partial charge is 0.421 e. The molecule has 0 aliphatic carbocycles. The van der Waals surface area contributed by atoms with E-state index in [0.29, 0.717) is 30.5 Å². The molecule has 3 heterocycles. The fraction of sp³-hybridized carbons (Fsp3) is 0.407. The Labute approximate surface area is 219 Å². The average molecular weight is 555 g/mol. The second-order valence-corrected chi connectivity index (χ2v) is 10.1. The minimum Gasteiger partial charge on any atom is -0.364 e. The molecule has 0 bridgehead atoms. The van der Waals surface area contributed by atoms with Gasteiger partial charge in [0.25, 0.3) is 5.91 Å². The summed E-state index contributed by atoms with van der Waals surface area (Å²) >= 11 is 0. The molecule has 0 saturated carbocycles. The van der Waals surface area contributed by atoms with Crippen LogP contribution in [0.25, 0.3) is 0 Å². The highest BCUT2D eigenvalue weighted by Crippen LogP contribution is 2.40. The number of alkyl halides is 7. The fourth-order valence-corrected chi connectivity index (χ4v) is 5.25. The number of rotatable bonds is 6. The Morgan fingerprint density at radius 3 is 2.49 bits per heavy atom. The first-order valence-electron chi connectivity index (χ1n) is 12.3. The number of fused-ring (bicyclic) bond motifs is 1. The van der Waals surface area contributed by atoms with Crippen LogP contribution in [-0.2, 0) is 31.9 Å². The molecule has 0 unspecified atom stereocenters. The van der Waals surface area contributed by atoms with Gasteiger partial charge in [-0.2, -0.15) is 26.3 Å². The van der Waals surface area contributed by atoms with Crippen molar-refractivity contribution in [3.05, 3.63) is 81.7 Å². The Bertz CT molecular complexity index is 1380. The molecule has 208 valence electrons. The predicted molar refractivity (Wildman–Crippen MR) is 127 cm³/mol. The van der Waals surface area contributed by atoms with Crippen LogP contribution in [0.1, 0.15) is 63.1 Å². The average Bonchev–Trinajstić information content (AvgIpc) is 3.57. The number of halogens is 7. The van der Waals surface area contributed by atoms with E-state index in [4.69, 9.17) is 0 Å². The molecule has 39 heavy (non-hydrogen) atoms. The normalized spacial score (nSPS) is 19.1. The lowest BCUT2D eigenvalue weighted by molar-refractivity contribution is -0.139. The summed E-state index contributed by atoms with van der Waals surface area (Å²) in [7, 11) is 0. The van der Waals surface area contributed by atoms with Gasteiger partial charge in [0.2, 0.25) is 0 Å². The van der Waals surface area contributed by atoms with E-state index >= 15 is 0 Å². The molecule has 1 aromatic heterocycles. The topological polar surface area (TPSA) is 49.6 Å². The second-order valence-electron chi connectivity index (χ2n) is 10.1. The van der Waals surface area contributed by atoms with Gasteiger partial charge in [-0.25, -0.2) is 4.39 Å². The first-order chi connectivity index (χ1) is 18.3. The number of hydrogen-bond donors (Lipinski definition) is 0. The van der Waals surface area contributed by atoms with Crippen LogP contribution in [-0.4, -0.2) is 35.2 Å². The lowest BCUT2D eigenvalue weighted by Crippen LogP contribution is -2.23. The standard InChI is InChI=1S/C27H24F7N3O2/c1-15(7-24-23(14-39-35-24)27(32,33)34)17-3-2-4-19(10-17)37-13-21-20(25(37)38)8-16(9-22(21)26(29,30)31)11-36-6-5-18(28)12-36/h2-4,8-10,14-15,18H,5-7,11-13H2,1H3/t15-,18+/m1/s1. The van der Waals surface area contributed by atoms with Crippen LogP contribution in [0.2, 0.25) is 0 Å². The quantitative estimate of drug-likeness (QED) is 0.316. The van der Waals surface area contributed by atoms with E-state index in [-0.39, 0.29) is 48.4 Å². The molecule has 5 nitrogen and oxygen atoms in total. The van der Waals surface area contributed by atoms with Crippen LogP contribution in [0, 0.1) is 0 Å². The summed E-state index contributed by atoms with van der Waals surface area (Å²) in [6.07, 6.45) is -9.59. The molecule has 3 aromatic rings. The summed E-state index contributed by atoms with van der Waals surface area (Å²) in [5, 5.41) is 3.48. The van der Waals surface area contributed by atoms with Crippen molar-refractivity contribution in [1.82, 2.24) is 10.1 Å². The summed E-state index contributed by atoms with van der Waals surface area (Å²) in [5.41, 5.74) is -1.15. The van der Waals surface area contributed by atoms with Gasteiger partial charge in [-0.05, 0) is 53.3 Å². The molecule has 0 spiro atoms. The van der Waals surface area contributed by atoms with Crippen molar-refractivity contribution in [2.24, 2.45) is 0 Å². The summed E-state index contributed by atoms with van der Waals surface area (Å²) in [6, 6.07) is 8.88. The number of nitrogens with zero attached hydrogens (tertiary/aromatic N) is 3. The number of anilines is 1. The van der Waals surface area contributed by atoms with Crippen LogP contribution in [0.4, 0.5) is 36.4 Å². The first-order valence-corrected chi connectivity index (χ1v) is 12.3. The third-order valence-electron chi connectivity index (χ3n) is 7.23. The third-order valence-corrected chi connectivity index (χ3v) is 7.23. The fourth-order valence-electron chi connectivity index (χ4n) is 5.25. The van der Waals surface area contributed by atoms with Crippen LogP contribution in [0.5, 0.6) is 0 Å². The maximum Gasteiger partial charge on any atom is 0.421 e. The van der Waals surface area contributed by atoms with Crippen molar-refractivity contribution in [3.63, 3.8) is 0 Å². The predicted octanol–water partition coefficient (Wildman–Crippen LogP) is 6.76. The Morgan fingerprint density at radius 2 is 1.82 bits per heavy atom.